The molecule has 1 saturated heterocycles. The molecule has 1 aliphatic heterocycles. The maximum atomic E-state index is 12.4. The smallest absolute Gasteiger partial charge is 0.239 e. The number of furan rings is 1. The zero-order valence-electron chi connectivity index (χ0n) is 13.8. The molecule has 122 valence electrons. The molecule has 0 bridgehead atoms. The maximum Gasteiger partial charge on any atom is 0.239 e. The van der Waals surface area contributed by atoms with E-state index in [9.17, 15) is 9.59 Å². The number of carbonyl (C=O) groups excluding carboxylic acids is 2. The van der Waals surface area contributed by atoms with Gasteiger partial charge in [-0.05, 0) is 38.4 Å². The van der Waals surface area contributed by atoms with Gasteiger partial charge in [0.25, 0.3) is 0 Å². The van der Waals surface area contributed by atoms with Crippen molar-refractivity contribution in [1.29, 1.82) is 0 Å². The van der Waals surface area contributed by atoms with Crippen molar-refractivity contribution in [3.63, 3.8) is 0 Å². The Morgan fingerprint density at radius 2 is 2.05 bits per heavy atom. The molecule has 6 heteroatoms. The molecule has 1 atom stereocenters. The minimum atomic E-state index is -0.168. The lowest BCUT2D eigenvalue weighted by Gasteiger charge is -2.27. The largest absolute Gasteiger partial charge is 0.464 e. The van der Waals surface area contributed by atoms with E-state index in [1.807, 2.05) is 24.0 Å². The Balaban J connectivity index is 1.91. The van der Waals surface area contributed by atoms with Gasteiger partial charge in [-0.1, -0.05) is 0 Å². The molecule has 22 heavy (non-hydrogen) atoms. The lowest BCUT2D eigenvalue weighted by molar-refractivity contribution is -0.136. The van der Waals surface area contributed by atoms with Crippen LogP contribution in [0.3, 0.4) is 0 Å². The van der Waals surface area contributed by atoms with Crippen LogP contribution in [0.2, 0.25) is 0 Å². The van der Waals surface area contributed by atoms with Gasteiger partial charge in [-0.15, -0.1) is 0 Å². The third-order valence-corrected chi connectivity index (χ3v) is 4.04. The maximum absolute atomic E-state index is 12.4. The first-order chi connectivity index (χ1) is 10.4. The fourth-order valence-corrected chi connectivity index (χ4v) is 2.78. The SMILES string of the molecule is Cc1ccc(CN(C)C(=O)CN2CCCC2C(=O)N(C)C)o1. The standard InChI is InChI=1S/C16H25N3O3/c1-12-7-8-13(22-12)10-18(4)15(20)11-19-9-5-6-14(19)16(21)17(2)3/h7-8,14H,5-6,9-11H2,1-4H3. The molecular formula is C16H25N3O3. The Kier molecular flexibility index (Phi) is 5.24. The van der Waals surface area contributed by atoms with Crippen LogP contribution in [0.25, 0.3) is 0 Å². The minimum absolute atomic E-state index is 0.00695. The first-order valence-corrected chi connectivity index (χ1v) is 7.63. The second kappa shape index (κ2) is 6.96. The predicted molar refractivity (Wildman–Crippen MR) is 83.2 cm³/mol. The van der Waals surface area contributed by atoms with Crippen LogP contribution in [-0.2, 0) is 16.1 Å². The van der Waals surface area contributed by atoms with Gasteiger partial charge in [-0.2, -0.15) is 0 Å². The summed E-state index contributed by atoms with van der Waals surface area (Å²) >= 11 is 0. The topological polar surface area (TPSA) is 57.0 Å². The van der Waals surface area contributed by atoms with E-state index in [-0.39, 0.29) is 24.4 Å². The first-order valence-electron chi connectivity index (χ1n) is 7.63. The van der Waals surface area contributed by atoms with Crippen LogP contribution in [-0.4, -0.2) is 66.8 Å². The molecule has 0 N–H and O–H groups in total. The normalized spacial score (nSPS) is 18.5. The molecule has 1 fully saturated rings. The number of hydrogen-bond donors (Lipinski definition) is 0. The summed E-state index contributed by atoms with van der Waals surface area (Å²) in [6.45, 7) is 3.41. The fraction of sp³-hybridized carbons (Fsp3) is 0.625. The van der Waals surface area contributed by atoms with E-state index >= 15 is 0 Å². The predicted octanol–water partition coefficient (Wildman–Crippen LogP) is 1.10. The van der Waals surface area contributed by atoms with Crippen LogP contribution in [0, 0.1) is 6.92 Å². The number of nitrogens with zero attached hydrogens (tertiary/aromatic N) is 3. The van der Waals surface area contributed by atoms with Crippen molar-refractivity contribution in [2.45, 2.75) is 32.4 Å². The van der Waals surface area contributed by atoms with Crippen LogP contribution in [0.4, 0.5) is 0 Å². The van der Waals surface area contributed by atoms with Crippen LogP contribution < -0.4 is 0 Å². The number of aryl methyl sites for hydroxylation is 1. The highest BCUT2D eigenvalue weighted by atomic mass is 16.3. The number of amides is 2. The molecule has 0 aromatic carbocycles. The van der Waals surface area contributed by atoms with Gasteiger partial charge < -0.3 is 14.2 Å². The van der Waals surface area contributed by atoms with Crippen LogP contribution >= 0.6 is 0 Å². The highest BCUT2D eigenvalue weighted by Crippen LogP contribution is 2.19. The third-order valence-electron chi connectivity index (χ3n) is 4.04. The van der Waals surface area contributed by atoms with E-state index in [4.69, 9.17) is 4.42 Å². The van der Waals surface area contributed by atoms with Crippen LogP contribution in [0.5, 0.6) is 0 Å². The van der Waals surface area contributed by atoms with Gasteiger partial charge in [-0.3, -0.25) is 14.5 Å². The molecule has 0 radical (unpaired) electrons. The summed E-state index contributed by atoms with van der Waals surface area (Å²) in [7, 11) is 5.27. The molecular weight excluding hydrogens is 282 g/mol. The Labute approximate surface area is 131 Å². The zero-order valence-corrected chi connectivity index (χ0v) is 13.8. The van der Waals surface area contributed by atoms with E-state index in [1.54, 1.807) is 30.9 Å². The van der Waals surface area contributed by atoms with E-state index in [2.05, 4.69) is 0 Å². The molecule has 1 aromatic rings. The number of likely N-dealkylation sites (N-methyl/N-ethyl adjacent to an activating group) is 2. The summed E-state index contributed by atoms with van der Waals surface area (Å²) < 4.78 is 5.50. The molecule has 0 saturated carbocycles. The third kappa shape index (κ3) is 3.88. The Hall–Kier alpha value is -1.82. The van der Waals surface area contributed by atoms with Gasteiger partial charge in [-0.25, -0.2) is 0 Å². The average molecular weight is 307 g/mol. The molecule has 0 spiro atoms. The summed E-state index contributed by atoms with van der Waals surface area (Å²) in [4.78, 5) is 29.7. The molecule has 2 heterocycles. The van der Waals surface area contributed by atoms with Crippen LogP contribution in [0.1, 0.15) is 24.4 Å². The fourth-order valence-electron chi connectivity index (χ4n) is 2.78. The highest BCUT2D eigenvalue weighted by Gasteiger charge is 2.33. The molecule has 1 unspecified atom stereocenters. The number of likely N-dealkylation sites (tertiary alicyclic amines) is 1. The summed E-state index contributed by atoms with van der Waals surface area (Å²) in [6.07, 6.45) is 1.78. The molecule has 2 rings (SSSR count). The second-order valence-electron chi connectivity index (χ2n) is 6.12. The Morgan fingerprint density at radius 3 is 2.64 bits per heavy atom. The van der Waals surface area contributed by atoms with Crippen molar-refractivity contribution in [2.24, 2.45) is 0 Å². The summed E-state index contributed by atoms with van der Waals surface area (Å²) in [5, 5.41) is 0. The lowest BCUT2D eigenvalue weighted by atomic mass is 10.2. The average Bonchev–Trinajstić information content (AvgIpc) is 3.07. The minimum Gasteiger partial charge on any atom is -0.464 e. The molecule has 1 aromatic heterocycles. The van der Waals surface area contributed by atoms with Crippen molar-refractivity contribution in [1.82, 2.24) is 14.7 Å². The van der Waals surface area contributed by atoms with Crippen molar-refractivity contribution in [2.75, 3.05) is 34.2 Å². The zero-order chi connectivity index (χ0) is 16.3. The second-order valence-corrected chi connectivity index (χ2v) is 6.12. The number of carbonyl (C=O) groups is 2. The summed E-state index contributed by atoms with van der Waals surface area (Å²) in [5.74, 6) is 1.70. The quantitative estimate of drug-likeness (QED) is 0.817. The van der Waals surface area contributed by atoms with Crippen molar-refractivity contribution in [3.05, 3.63) is 23.7 Å². The molecule has 0 aliphatic carbocycles. The number of hydrogen-bond acceptors (Lipinski definition) is 4. The van der Waals surface area contributed by atoms with E-state index in [0.29, 0.717) is 6.54 Å². The van der Waals surface area contributed by atoms with Gasteiger partial charge in [0.1, 0.15) is 11.5 Å². The van der Waals surface area contributed by atoms with E-state index in [0.717, 1.165) is 30.9 Å². The summed E-state index contributed by atoms with van der Waals surface area (Å²) in [5.41, 5.74) is 0. The summed E-state index contributed by atoms with van der Waals surface area (Å²) in [6, 6.07) is 3.60. The lowest BCUT2D eigenvalue weighted by Crippen LogP contribution is -2.46. The molecule has 2 amide bonds. The van der Waals surface area contributed by atoms with Crippen molar-refractivity contribution >= 4 is 11.8 Å². The van der Waals surface area contributed by atoms with Gasteiger partial charge in [0.15, 0.2) is 0 Å². The first kappa shape index (κ1) is 16.5. The van der Waals surface area contributed by atoms with Gasteiger partial charge in [0, 0.05) is 21.1 Å². The Morgan fingerprint density at radius 1 is 1.32 bits per heavy atom. The highest BCUT2D eigenvalue weighted by molar-refractivity contribution is 5.83. The molecule has 6 nitrogen and oxygen atoms in total. The van der Waals surface area contributed by atoms with Gasteiger partial charge >= 0.3 is 0 Å². The Bertz CT molecular complexity index is 538. The van der Waals surface area contributed by atoms with Crippen molar-refractivity contribution < 1.29 is 14.0 Å². The van der Waals surface area contributed by atoms with Gasteiger partial charge in [0.2, 0.25) is 11.8 Å². The monoisotopic (exact) mass is 307 g/mol. The van der Waals surface area contributed by atoms with Crippen LogP contribution in [0.15, 0.2) is 16.5 Å². The van der Waals surface area contributed by atoms with Crippen molar-refractivity contribution in [3.8, 4) is 0 Å². The van der Waals surface area contributed by atoms with E-state index in [1.165, 1.54) is 0 Å². The number of rotatable bonds is 5. The van der Waals surface area contributed by atoms with Gasteiger partial charge in [0.05, 0.1) is 19.1 Å². The van der Waals surface area contributed by atoms with E-state index < -0.39 is 0 Å². The molecule has 1 aliphatic rings.